The van der Waals surface area contributed by atoms with Gasteiger partial charge in [0.15, 0.2) is 0 Å². The van der Waals surface area contributed by atoms with Crippen molar-refractivity contribution in [1.29, 1.82) is 0 Å². The maximum atomic E-state index is 6.50. The first-order chi connectivity index (χ1) is 9.83. The summed E-state index contributed by atoms with van der Waals surface area (Å²) in [4.78, 5) is 0. The van der Waals surface area contributed by atoms with Crippen molar-refractivity contribution in [3.63, 3.8) is 0 Å². The minimum atomic E-state index is 0.228. The summed E-state index contributed by atoms with van der Waals surface area (Å²) in [7, 11) is 0. The molecule has 0 unspecified atom stereocenters. The van der Waals surface area contributed by atoms with E-state index in [2.05, 4.69) is 42.5 Å². The lowest BCUT2D eigenvalue weighted by Crippen LogP contribution is -2.19. The standard InChI is InChI=1S/C19H21N/c20-19(13-5-1-2-6-13)15-9-10-18-16(12-15)11-14-7-3-4-8-17(14)18/h3-4,7-10,12-13,19H,1-2,5-6,11,20H2/t19-/m0/s1. The monoisotopic (exact) mass is 263 g/mol. The van der Waals surface area contributed by atoms with Crippen LogP contribution in [0.1, 0.15) is 48.4 Å². The van der Waals surface area contributed by atoms with E-state index < -0.39 is 0 Å². The molecule has 2 N–H and O–H groups in total. The number of hydrogen-bond acceptors (Lipinski definition) is 1. The molecule has 1 fully saturated rings. The number of rotatable bonds is 2. The van der Waals surface area contributed by atoms with Gasteiger partial charge in [-0.1, -0.05) is 55.3 Å². The Balaban J connectivity index is 1.68. The molecule has 1 saturated carbocycles. The minimum Gasteiger partial charge on any atom is -0.324 e. The average Bonchev–Trinajstić information content (AvgIpc) is 3.13. The highest BCUT2D eigenvalue weighted by molar-refractivity contribution is 5.77. The van der Waals surface area contributed by atoms with Crippen LogP contribution in [0.25, 0.3) is 11.1 Å². The summed E-state index contributed by atoms with van der Waals surface area (Å²) in [5, 5.41) is 0. The van der Waals surface area contributed by atoms with Gasteiger partial charge in [-0.3, -0.25) is 0 Å². The van der Waals surface area contributed by atoms with Gasteiger partial charge in [0, 0.05) is 6.04 Å². The van der Waals surface area contributed by atoms with Gasteiger partial charge < -0.3 is 5.73 Å². The molecule has 2 aliphatic carbocycles. The Morgan fingerprint density at radius 1 is 0.900 bits per heavy atom. The molecule has 1 atom stereocenters. The van der Waals surface area contributed by atoms with Gasteiger partial charge in [0.2, 0.25) is 0 Å². The van der Waals surface area contributed by atoms with Crippen molar-refractivity contribution in [2.45, 2.75) is 38.1 Å². The van der Waals surface area contributed by atoms with Crippen molar-refractivity contribution in [1.82, 2.24) is 0 Å². The van der Waals surface area contributed by atoms with Crippen LogP contribution in [-0.2, 0) is 6.42 Å². The predicted molar refractivity (Wildman–Crippen MR) is 83.6 cm³/mol. The summed E-state index contributed by atoms with van der Waals surface area (Å²) in [5.74, 6) is 0.692. The zero-order chi connectivity index (χ0) is 13.5. The first-order valence-corrected chi connectivity index (χ1v) is 7.79. The Bertz CT molecular complexity index is 638. The van der Waals surface area contributed by atoms with Crippen LogP contribution in [0.5, 0.6) is 0 Å². The molecule has 1 heteroatoms. The molecule has 2 aromatic carbocycles. The Morgan fingerprint density at radius 3 is 2.50 bits per heavy atom. The van der Waals surface area contributed by atoms with Crippen LogP contribution >= 0.6 is 0 Å². The van der Waals surface area contributed by atoms with Gasteiger partial charge in [0.05, 0.1) is 0 Å². The predicted octanol–water partition coefficient (Wildman–Crippen LogP) is 4.45. The Kier molecular flexibility index (Phi) is 2.89. The summed E-state index contributed by atoms with van der Waals surface area (Å²) in [6.45, 7) is 0. The summed E-state index contributed by atoms with van der Waals surface area (Å²) in [6.07, 6.45) is 6.39. The van der Waals surface area contributed by atoms with Crippen LogP contribution in [-0.4, -0.2) is 0 Å². The van der Waals surface area contributed by atoms with Crippen LogP contribution in [0.3, 0.4) is 0 Å². The van der Waals surface area contributed by atoms with E-state index >= 15 is 0 Å². The van der Waals surface area contributed by atoms with Crippen LogP contribution in [0.4, 0.5) is 0 Å². The van der Waals surface area contributed by atoms with E-state index in [9.17, 15) is 0 Å². The van der Waals surface area contributed by atoms with E-state index in [4.69, 9.17) is 5.73 Å². The molecule has 0 spiro atoms. The molecule has 0 bridgehead atoms. The highest BCUT2D eigenvalue weighted by Gasteiger charge is 2.25. The van der Waals surface area contributed by atoms with Crippen molar-refractivity contribution < 1.29 is 0 Å². The summed E-state index contributed by atoms with van der Waals surface area (Å²) >= 11 is 0. The van der Waals surface area contributed by atoms with Crippen LogP contribution in [0.15, 0.2) is 42.5 Å². The van der Waals surface area contributed by atoms with Gasteiger partial charge in [-0.15, -0.1) is 0 Å². The molecular formula is C19H21N. The zero-order valence-electron chi connectivity index (χ0n) is 11.8. The van der Waals surface area contributed by atoms with Crippen LogP contribution in [0, 0.1) is 5.92 Å². The smallest absolute Gasteiger partial charge is 0.0323 e. The fraction of sp³-hybridized carbons (Fsp3) is 0.368. The lowest BCUT2D eigenvalue weighted by molar-refractivity contribution is 0.445. The van der Waals surface area contributed by atoms with Crippen molar-refractivity contribution in [2.24, 2.45) is 11.7 Å². The molecule has 4 rings (SSSR count). The molecule has 0 heterocycles. The van der Waals surface area contributed by atoms with Crippen molar-refractivity contribution >= 4 is 0 Å². The van der Waals surface area contributed by atoms with E-state index in [1.165, 1.54) is 53.5 Å². The normalized spacial score (nSPS) is 18.9. The Morgan fingerprint density at radius 2 is 1.65 bits per heavy atom. The Labute approximate surface area is 120 Å². The highest BCUT2D eigenvalue weighted by atomic mass is 14.7. The topological polar surface area (TPSA) is 26.0 Å². The maximum absolute atomic E-state index is 6.50. The fourth-order valence-corrected chi connectivity index (χ4v) is 3.96. The number of hydrogen-bond donors (Lipinski definition) is 1. The number of nitrogens with two attached hydrogens (primary N) is 1. The zero-order valence-corrected chi connectivity index (χ0v) is 11.8. The first kappa shape index (κ1) is 12.2. The summed E-state index contributed by atoms with van der Waals surface area (Å²) in [6, 6.07) is 15.9. The van der Waals surface area contributed by atoms with E-state index in [-0.39, 0.29) is 6.04 Å². The third-order valence-corrected chi connectivity index (χ3v) is 5.11. The van der Waals surface area contributed by atoms with Gasteiger partial charge in [0.1, 0.15) is 0 Å². The third kappa shape index (κ3) is 1.89. The van der Waals surface area contributed by atoms with Gasteiger partial charge in [-0.25, -0.2) is 0 Å². The number of benzene rings is 2. The quantitative estimate of drug-likeness (QED) is 0.726. The SMILES string of the molecule is N[C@H](c1ccc2c(c1)Cc1ccccc1-2)C1CCCC1. The molecular weight excluding hydrogens is 242 g/mol. The third-order valence-electron chi connectivity index (χ3n) is 5.11. The molecule has 2 aliphatic rings. The van der Waals surface area contributed by atoms with Gasteiger partial charge in [-0.2, -0.15) is 0 Å². The molecule has 0 saturated heterocycles. The van der Waals surface area contributed by atoms with E-state index in [1.807, 2.05) is 0 Å². The van der Waals surface area contributed by atoms with Crippen LogP contribution < -0.4 is 5.73 Å². The second-order valence-corrected chi connectivity index (χ2v) is 6.32. The fourth-order valence-electron chi connectivity index (χ4n) is 3.96. The maximum Gasteiger partial charge on any atom is 0.0323 e. The second-order valence-electron chi connectivity index (χ2n) is 6.32. The van der Waals surface area contributed by atoms with Crippen molar-refractivity contribution in [2.75, 3.05) is 0 Å². The molecule has 0 amide bonds. The Hall–Kier alpha value is -1.60. The molecule has 20 heavy (non-hydrogen) atoms. The van der Waals surface area contributed by atoms with E-state index in [0.29, 0.717) is 5.92 Å². The average molecular weight is 263 g/mol. The van der Waals surface area contributed by atoms with Gasteiger partial charge in [-0.05, 0) is 53.0 Å². The molecule has 102 valence electrons. The molecule has 0 radical (unpaired) electrons. The molecule has 0 aromatic heterocycles. The van der Waals surface area contributed by atoms with Crippen molar-refractivity contribution in [3.05, 3.63) is 59.2 Å². The lowest BCUT2D eigenvalue weighted by atomic mass is 9.90. The van der Waals surface area contributed by atoms with Crippen molar-refractivity contribution in [3.8, 4) is 11.1 Å². The van der Waals surface area contributed by atoms with E-state index in [0.717, 1.165) is 6.42 Å². The lowest BCUT2D eigenvalue weighted by Gasteiger charge is -2.20. The summed E-state index contributed by atoms with van der Waals surface area (Å²) in [5.41, 5.74) is 13.6. The molecule has 2 aromatic rings. The van der Waals surface area contributed by atoms with Crippen LogP contribution in [0.2, 0.25) is 0 Å². The molecule has 0 aliphatic heterocycles. The summed E-state index contributed by atoms with van der Waals surface area (Å²) < 4.78 is 0. The number of fused-ring (bicyclic) bond motifs is 3. The van der Waals surface area contributed by atoms with Gasteiger partial charge in [0.25, 0.3) is 0 Å². The minimum absolute atomic E-state index is 0.228. The molecule has 1 nitrogen and oxygen atoms in total. The second kappa shape index (κ2) is 4.75. The van der Waals surface area contributed by atoms with Gasteiger partial charge >= 0.3 is 0 Å². The first-order valence-electron chi connectivity index (χ1n) is 7.79. The van der Waals surface area contributed by atoms with E-state index in [1.54, 1.807) is 0 Å². The highest BCUT2D eigenvalue weighted by Crippen LogP contribution is 2.39. The largest absolute Gasteiger partial charge is 0.324 e.